The van der Waals surface area contributed by atoms with Gasteiger partial charge < -0.3 is 0 Å². The molecule has 1 aliphatic rings. The lowest BCUT2D eigenvalue weighted by Crippen LogP contribution is -2.49. The number of benzene rings is 1. The number of urea groups is 1. The first-order chi connectivity index (χ1) is 8.13. The molecule has 0 radical (unpaired) electrons. The normalized spacial score (nSPS) is 15.7. The van der Waals surface area contributed by atoms with Crippen LogP contribution in [-0.4, -0.2) is 24.8 Å². The summed E-state index contributed by atoms with van der Waals surface area (Å²) in [6.07, 6.45) is 1.03. The van der Waals surface area contributed by atoms with E-state index in [9.17, 15) is 14.4 Å². The average Bonchev–Trinajstić information content (AvgIpc) is 2.30. The van der Waals surface area contributed by atoms with Gasteiger partial charge in [0.1, 0.15) is 6.29 Å². The van der Waals surface area contributed by atoms with Crippen molar-refractivity contribution in [2.24, 2.45) is 0 Å². The van der Waals surface area contributed by atoms with Gasteiger partial charge in [0, 0.05) is 24.2 Å². The molecule has 0 saturated carbocycles. The van der Waals surface area contributed by atoms with Gasteiger partial charge in [-0.2, -0.15) is 0 Å². The van der Waals surface area contributed by atoms with Crippen LogP contribution in [0.5, 0.6) is 0 Å². The number of nitrogens with zero attached hydrogens (tertiary/aromatic N) is 1. The van der Waals surface area contributed by atoms with E-state index in [-0.39, 0.29) is 12.3 Å². The van der Waals surface area contributed by atoms with Crippen LogP contribution >= 0.6 is 0 Å². The SMILES string of the molecule is Cc1c(C=O)cccc1N1CCC(=O)NC1=O. The molecule has 1 saturated heterocycles. The lowest BCUT2D eigenvalue weighted by atomic mass is 10.1. The van der Waals surface area contributed by atoms with E-state index >= 15 is 0 Å². The first-order valence-electron chi connectivity index (χ1n) is 5.29. The van der Waals surface area contributed by atoms with Gasteiger partial charge in [0.15, 0.2) is 0 Å². The summed E-state index contributed by atoms with van der Waals surface area (Å²) in [6, 6.07) is 4.74. The Labute approximate surface area is 98.4 Å². The molecule has 2 rings (SSSR count). The molecule has 0 unspecified atom stereocenters. The number of hydrogen-bond donors (Lipinski definition) is 1. The van der Waals surface area contributed by atoms with Crippen molar-refractivity contribution < 1.29 is 14.4 Å². The second kappa shape index (κ2) is 4.37. The van der Waals surface area contributed by atoms with Crippen molar-refractivity contribution >= 4 is 23.9 Å². The van der Waals surface area contributed by atoms with E-state index in [0.29, 0.717) is 17.8 Å². The zero-order valence-corrected chi connectivity index (χ0v) is 9.40. The van der Waals surface area contributed by atoms with Crippen LogP contribution < -0.4 is 10.2 Å². The van der Waals surface area contributed by atoms with Gasteiger partial charge >= 0.3 is 6.03 Å². The number of hydrogen-bond acceptors (Lipinski definition) is 3. The summed E-state index contributed by atoms with van der Waals surface area (Å²) in [5.41, 5.74) is 1.96. The van der Waals surface area contributed by atoms with Crippen LogP contribution in [0.3, 0.4) is 0 Å². The highest BCUT2D eigenvalue weighted by Crippen LogP contribution is 2.23. The van der Waals surface area contributed by atoms with Crippen LogP contribution in [0.15, 0.2) is 18.2 Å². The molecule has 0 aromatic heterocycles. The predicted octanol–water partition coefficient (Wildman–Crippen LogP) is 1.25. The lowest BCUT2D eigenvalue weighted by Gasteiger charge is -2.28. The maximum atomic E-state index is 11.7. The first kappa shape index (κ1) is 11.3. The van der Waals surface area contributed by atoms with Crippen molar-refractivity contribution in [3.8, 4) is 0 Å². The van der Waals surface area contributed by atoms with E-state index in [4.69, 9.17) is 0 Å². The summed E-state index contributed by atoms with van der Waals surface area (Å²) in [5, 5.41) is 2.25. The minimum Gasteiger partial charge on any atom is -0.298 e. The van der Waals surface area contributed by atoms with Crippen LogP contribution in [0.2, 0.25) is 0 Å². The Morgan fingerprint density at radius 2 is 2.12 bits per heavy atom. The summed E-state index contributed by atoms with van der Waals surface area (Å²) in [4.78, 5) is 35.0. The van der Waals surface area contributed by atoms with Crippen molar-refractivity contribution in [1.29, 1.82) is 0 Å². The molecule has 0 bridgehead atoms. The molecule has 1 aromatic rings. The Balaban J connectivity index is 2.37. The van der Waals surface area contributed by atoms with Crippen molar-refractivity contribution in [3.63, 3.8) is 0 Å². The Morgan fingerprint density at radius 1 is 1.35 bits per heavy atom. The van der Waals surface area contributed by atoms with Gasteiger partial charge in [-0.05, 0) is 18.6 Å². The van der Waals surface area contributed by atoms with Gasteiger partial charge in [-0.3, -0.25) is 19.8 Å². The van der Waals surface area contributed by atoms with E-state index < -0.39 is 6.03 Å². The minimum absolute atomic E-state index is 0.268. The Kier molecular flexibility index (Phi) is 2.91. The molecular formula is C12H12N2O3. The molecule has 5 nitrogen and oxygen atoms in total. The fourth-order valence-electron chi connectivity index (χ4n) is 1.85. The summed E-state index contributed by atoms with van der Waals surface area (Å²) >= 11 is 0. The molecule has 88 valence electrons. The molecule has 0 spiro atoms. The fraction of sp³-hybridized carbons (Fsp3) is 0.250. The second-order valence-electron chi connectivity index (χ2n) is 3.86. The van der Waals surface area contributed by atoms with Crippen molar-refractivity contribution in [3.05, 3.63) is 29.3 Å². The maximum Gasteiger partial charge on any atom is 0.328 e. The molecule has 1 fully saturated rings. The molecule has 3 amide bonds. The lowest BCUT2D eigenvalue weighted by molar-refractivity contribution is -0.120. The second-order valence-corrected chi connectivity index (χ2v) is 3.86. The molecule has 1 aliphatic heterocycles. The van der Waals surface area contributed by atoms with Crippen molar-refractivity contribution in [2.45, 2.75) is 13.3 Å². The molecule has 1 aromatic carbocycles. The molecule has 0 atom stereocenters. The maximum absolute atomic E-state index is 11.7. The van der Waals surface area contributed by atoms with Crippen molar-refractivity contribution in [2.75, 3.05) is 11.4 Å². The van der Waals surface area contributed by atoms with E-state index in [0.717, 1.165) is 11.8 Å². The summed E-state index contributed by atoms with van der Waals surface area (Å²) in [5.74, 6) is -0.268. The van der Waals surface area contributed by atoms with E-state index in [2.05, 4.69) is 5.32 Å². The highest BCUT2D eigenvalue weighted by molar-refractivity contribution is 6.06. The van der Waals surface area contributed by atoms with Gasteiger partial charge in [-0.1, -0.05) is 12.1 Å². The average molecular weight is 232 g/mol. The van der Waals surface area contributed by atoms with Crippen LogP contribution in [0.25, 0.3) is 0 Å². The quantitative estimate of drug-likeness (QED) is 0.780. The molecule has 0 aliphatic carbocycles. The molecule has 5 heteroatoms. The summed E-state index contributed by atoms with van der Waals surface area (Å²) < 4.78 is 0. The number of aldehydes is 1. The number of imide groups is 1. The number of nitrogens with one attached hydrogen (secondary N) is 1. The number of carbonyl (C=O) groups is 3. The zero-order valence-electron chi connectivity index (χ0n) is 9.40. The zero-order chi connectivity index (χ0) is 12.4. The van der Waals surface area contributed by atoms with Gasteiger partial charge in [0.25, 0.3) is 0 Å². The van der Waals surface area contributed by atoms with Gasteiger partial charge in [-0.25, -0.2) is 4.79 Å². The smallest absolute Gasteiger partial charge is 0.298 e. The van der Waals surface area contributed by atoms with Crippen molar-refractivity contribution in [1.82, 2.24) is 5.32 Å². The van der Waals surface area contributed by atoms with E-state index in [1.165, 1.54) is 4.90 Å². The number of rotatable bonds is 2. The van der Waals surface area contributed by atoms with Crippen LogP contribution in [-0.2, 0) is 4.79 Å². The predicted molar refractivity (Wildman–Crippen MR) is 62.1 cm³/mol. The minimum atomic E-state index is -0.438. The topological polar surface area (TPSA) is 66.5 Å². The molecule has 1 heterocycles. The molecule has 1 N–H and O–H groups in total. The van der Waals surface area contributed by atoms with E-state index in [1.54, 1.807) is 25.1 Å². The third kappa shape index (κ3) is 2.04. The van der Waals surface area contributed by atoms with Gasteiger partial charge in [0.05, 0.1) is 0 Å². The Bertz CT molecular complexity index is 497. The number of carbonyl (C=O) groups excluding carboxylic acids is 3. The molecular weight excluding hydrogens is 220 g/mol. The largest absolute Gasteiger partial charge is 0.328 e. The Morgan fingerprint density at radius 3 is 2.76 bits per heavy atom. The van der Waals surface area contributed by atoms with Gasteiger partial charge in [-0.15, -0.1) is 0 Å². The monoisotopic (exact) mass is 232 g/mol. The highest BCUT2D eigenvalue weighted by Gasteiger charge is 2.25. The first-order valence-corrected chi connectivity index (χ1v) is 5.29. The van der Waals surface area contributed by atoms with Crippen LogP contribution in [0, 0.1) is 6.92 Å². The Hall–Kier alpha value is -2.17. The van der Waals surface area contributed by atoms with E-state index in [1.807, 2.05) is 0 Å². The highest BCUT2D eigenvalue weighted by atomic mass is 16.2. The summed E-state index contributed by atoms with van der Waals surface area (Å²) in [7, 11) is 0. The fourth-order valence-corrected chi connectivity index (χ4v) is 1.85. The van der Waals surface area contributed by atoms with Crippen LogP contribution in [0.1, 0.15) is 22.3 Å². The summed E-state index contributed by atoms with van der Waals surface area (Å²) in [6.45, 7) is 2.12. The van der Waals surface area contributed by atoms with Crippen LogP contribution in [0.4, 0.5) is 10.5 Å². The number of amides is 3. The number of anilines is 1. The van der Waals surface area contributed by atoms with Gasteiger partial charge in [0.2, 0.25) is 5.91 Å². The molecule has 17 heavy (non-hydrogen) atoms. The standard InChI is InChI=1S/C12H12N2O3/c1-8-9(7-15)3-2-4-10(8)14-6-5-11(16)13-12(14)17/h2-4,7H,5-6H2,1H3,(H,13,16,17). The third-order valence-electron chi connectivity index (χ3n) is 2.82. The third-order valence-corrected chi connectivity index (χ3v) is 2.82.